The molecule has 0 spiro atoms. The number of aryl methyl sites for hydroxylation is 3. The van der Waals surface area contributed by atoms with Gasteiger partial charge in [0.25, 0.3) is 5.91 Å². The number of carbonyl (C=O) groups is 1. The number of piperazine rings is 1. The summed E-state index contributed by atoms with van der Waals surface area (Å²) < 4.78 is 2.23. The number of imidazole rings is 1. The summed E-state index contributed by atoms with van der Waals surface area (Å²) in [4.78, 5) is 34.2. The van der Waals surface area contributed by atoms with Crippen LogP contribution in [0, 0.1) is 6.92 Å². The lowest BCUT2D eigenvalue weighted by atomic mass is 10.1. The number of nitrogens with zero attached hydrogens (tertiary/aromatic N) is 7. The molecular weight excluding hydrogens is 414 g/mol. The van der Waals surface area contributed by atoms with E-state index in [4.69, 9.17) is 9.97 Å². The van der Waals surface area contributed by atoms with Crippen molar-refractivity contribution in [1.82, 2.24) is 29.3 Å². The van der Waals surface area contributed by atoms with Crippen LogP contribution in [0.25, 0.3) is 11.2 Å². The summed E-state index contributed by atoms with van der Waals surface area (Å²) in [6, 6.07) is 6.14. The van der Waals surface area contributed by atoms with Crippen molar-refractivity contribution < 1.29 is 4.79 Å². The average Bonchev–Trinajstić information content (AvgIpc) is 2.99. The first-order chi connectivity index (χ1) is 16.0. The molecule has 3 aromatic heterocycles. The van der Waals surface area contributed by atoms with Gasteiger partial charge >= 0.3 is 0 Å². The average molecular weight is 448 g/mol. The molecule has 8 heteroatoms. The summed E-state index contributed by atoms with van der Waals surface area (Å²) in [5, 5.41) is 0. The molecule has 0 atom stereocenters. The number of carbonyl (C=O) groups excluding carboxylic acids is 1. The van der Waals surface area contributed by atoms with E-state index < -0.39 is 0 Å². The first-order valence-corrected chi connectivity index (χ1v) is 12.0. The van der Waals surface area contributed by atoms with Gasteiger partial charge < -0.3 is 19.3 Å². The van der Waals surface area contributed by atoms with Crippen molar-refractivity contribution in [3.63, 3.8) is 0 Å². The van der Waals surface area contributed by atoms with Gasteiger partial charge in [0.1, 0.15) is 17.2 Å². The minimum atomic E-state index is 0.0627. The zero-order chi connectivity index (χ0) is 22.9. The van der Waals surface area contributed by atoms with Crippen LogP contribution >= 0.6 is 0 Å². The Balaban J connectivity index is 1.32. The summed E-state index contributed by atoms with van der Waals surface area (Å²) >= 11 is 0. The number of pyridine rings is 2. The molecule has 3 aromatic rings. The van der Waals surface area contributed by atoms with Crippen molar-refractivity contribution >= 4 is 22.9 Å². The smallest absolute Gasteiger partial charge is 0.256 e. The van der Waals surface area contributed by atoms with Gasteiger partial charge in [-0.3, -0.25) is 4.79 Å². The quantitative estimate of drug-likeness (QED) is 0.613. The van der Waals surface area contributed by atoms with Crippen LogP contribution in [0.1, 0.15) is 46.7 Å². The van der Waals surface area contributed by atoms with Crippen LogP contribution in [-0.2, 0) is 19.5 Å². The number of aromatic nitrogens is 4. The second kappa shape index (κ2) is 9.09. The second-order valence-corrected chi connectivity index (χ2v) is 9.52. The van der Waals surface area contributed by atoms with Crippen LogP contribution < -0.4 is 4.90 Å². The molecule has 0 saturated carbocycles. The summed E-state index contributed by atoms with van der Waals surface area (Å²) in [5.74, 6) is 2.11. The van der Waals surface area contributed by atoms with Crippen LogP contribution in [0.5, 0.6) is 0 Å². The molecule has 8 nitrogen and oxygen atoms in total. The molecule has 1 amide bonds. The lowest BCUT2D eigenvalue weighted by Gasteiger charge is -2.35. The van der Waals surface area contributed by atoms with Crippen LogP contribution in [-0.4, -0.2) is 75.5 Å². The standard InChI is InChI=1S/C25H33N7O/c1-18-15-20(23-24(27-18)32-10-6-4-5-7-22(32)28-23)25(33)31-13-11-30(12-14-31)21-9-8-19(16-26-21)17-29(2)3/h8-9,15-16H,4-7,10-14,17H2,1-3H3. The number of rotatable bonds is 4. The molecule has 0 aliphatic carbocycles. The summed E-state index contributed by atoms with van der Waals surface area (Å²) in [7, 11) is 4.12. The molecular formula is C25H33N7O. The normalized spacial score (nSPS) is 16.8. The number of anilines is 1. The highest BCUT2D eigenvalue weighted by Crippen LogP contribution is 2.25. The third-order valence-electron chi connectivity index (χ3n) is 6.62. The number of amides is 1. The molecule has 0 bridgehead atoms. The fourth-order valence-corrected chi connectivity index (χ4v) is 4.95. The molecule has 0 unspecified atom stereocenters. The maximum atomic E-state index is 13.5. The molecule has 1 fully saturated rings. The Morgan fingerprint density at radius 1 is 1.03 bits per heavy atom. The minimum Gasteiger partial charge on any atom is -0.353 e. The van der Waals surface area contributed by atoms with Gasteiger partial charge in [-0.1, -0.05) is 12.5 Å². The van der Waals surface area contributed by atoms with E-state index in [9.17, 15) is 4.79 Å². The van der Waals surface area contributed by atoms with Crippen LogP contribution in [0.2, 0.25) is 0 Å². The monoisotopic (exact) mass is 447 g/mol. The van der Waals surface area contributed by atoms with Gasteiger partial charge in [0.15, 0.2) is 5.65 Å². The maximum absolute atomic E-state index is 13.5. The SMILES string of the molecule is Cc1cc(C(=O)N2CCN(c3ccc(CN(C)C)cn3)CC2)c2nc3n(c2n1)CCCCC3. The highest BCUT2D eigenvalue weighted by atomic mass is 16.2. The molecule has 1 saturated heterocycles. The Kier molecular flexibility index (Phi) is 6.01. The van der Waals surface area contributed by atoms with Crippen molar-refractivity contribution in [2.45, 2.75) is 45.7 Å². The van der Waals surface area contributed by atoms with Gasteiger partial charge in [0, 0.05) is 57.6 Å². The van der Waals surface area contributed by atoms with E-state index in [0.29, 0.717) is 18.7 Å². The molecule has 5 rings (SSSR count). The lowest BCUT2D eigenvalue weighted by molar-refractivity contribution is 0.0748. The fourth-order valence-electron chi connectivity index (χ4n) is 4.95. The molecule has 2 aliphatic rings. The molecule has 33 heavy (non-hydrogen) atoms. The van der Waals surface area contributed by atoms with Crippen molar-refractivity contribution in [3.05, 3.63) is 47.0 Å². The lowest BCUT2D eigenvalue weighted by Crippen LogP contribution is -2.49. The summed E-state index contributed by atoms with van der Waals surface area (Å²) in [6.45, 7) is 6.70. The number of fused-ring (bicyclic) bond motifs is 3. The predicted octanol–water partition coefficient (Wildman–Crippen LogP) is 2.89. The first kappa shape index (κ1) is 21.8. The van der Waals surface area contributed by atoms with E-state index in [1.165, 1.54) is 12.0 Å². The van der Waals surface area contributed by atoms with E-state index in [-0.39, 0.29) is 5.91 Å². The highest BCUT2D eigenvalue weighted by molar-refractivity contribution is 6.04. The second-order valence-electron chi connectivity index (χ2n) is 9.52. The van der Waals surface area contributed by atoms with E-state index >= 15 is 0 Å². The predicted molar refractivity (Wildman–Crippen MR) is 130 cm³/mol. The van der Waals surface area contributed by atoms with Gasteiger partial charge in [0.2, 0.25) is 0 Å². The number of hydrogen-bond donors (Lipinski definition) is 0. The third-order valence-corrected chi connectivity index (χ3v) is 6.62. The Bertz CT molecular complexity index is 1140. The summed E-state index contributed by atoms with van der Waals surface area (Å²) in [6.07, 6.45) is 6.43. The van der Waals surface area contributed by atoms with Gasteiger partial charge in [-0.25, -0.2) is 15.0 Å². The first-order valence-electron chi connectivity index (χ1n) is 12.0. The maximum Gasteiger partial charge on any atom is 0.256 e. The fraction of sp³-hybridized carbons (Fsp3) is 0.520. The zero-order valence-corrected chi connectivity index (χ0v) is 19.9. The Hall–Kier alpha value is -3.00. The van der Waals surface area contributed by atoms with Gasteiger partial charge in [0.05, 0.1) is 5.56 Å². The van der Waals surface area contributed by atoms with Crippen LogP contribution in [0.3, 0.4) is 0 Å². The van der Waals surface area contributed by atoms with Gasteiger partial charge in [-0.15, -0.1) is 0 Å². The van der Waals surface area contributed by atoms with E-state index in [2.05, 4.69) is 45.6 Å². The van der Waals surface area contributed by atoms with Crippen LogP contribution in [0.15, 0.2) is 24.4 Å². The van der Waals surface area contributed by atoms with Gasteiger partial charge in [-0.05, 0) is 51.6 Å². The van der Waals surface area contributed by atoms with Gasteiger partial charge in [-0.2, -0.15) is 0 Å². The topological polar surface area (TPSA) is 70.4 Å². The van der Waals surface area contributed by atoms with Crippen LogP contribution in [0.4, 0.5) is 5.82 Å². The highest BCUT2D eigenvalue weighted by Gasteiger charge is 2.27. The Morgan fingerprint density at radius 3 is 2.58 bits per heavy atom. The molecule has 2 aliphatic heterocycles. The largest absolute Gasteiger partial charge is 0.353 e. The minimum absolute atomic E-state index is 0.0627. The van der Waals surface area contributed by atoms with E-state index in [1.807, 2.05) is 24.1 Å². The molecule has 5 heterocycles. The molecule has 0 aromatic carbocycles. The van der Waals surface area contributed by atoms with E-state index in [0.717, 1.165) is 73.9 Å². The molecule has 174 valence electrons. The van der Waals surface area contributed by atoms with Crippen molar-refractivity contribution in [2.24, 2.45) is 0 Å². The number of hydrogen-bond acceptors (Lipinski definition) is 6. The van der Waals surface area contributed by atoms with Crippen molar-refractivity contribution in [1.29, 1.82) is 0 Å². The third kappa shape index (κ3) is 4.44. The van der Waals surface area contributed by atoms with E-state index in [1.54, 1.807) is 0 Å². The Labute approximate surface area is 195 Å². The van der Waals surface area contributed by atoms with Crippen molar-refractivity contribution in [2.75, 3.05) is 45.2 Å². The Morgan fingerprint density at radius 2 is 1.85 bits per heavy atom. The zero-order valence-electron chi connectivity index (χ0n) is 19.9. The molecule has 0 radical (unpaired) electrons. The molecule has 0 N–H and O–H groups in total. The van der Waals surface area contributed by atoms with Crippen molar-refractivity contribution in [3.8, 4) is 0 Å². The summed E-state index contributed by atoms with van der Waals surface area (Å²) in [5.41, 5.74) is 4.41.